The first-order valence-electron chi connectivity index (χ1n) is 5.71. The second kappa shape index (κ2) is 5.07. The van der Waals surface area contributed by atoms with Crippen LogP contribution in [0.15, 0.2) is 24.3 Å². The van der Waals surface area contributed by atoms with Crippen molar-refractivity contribution in [2.45, 2.75) is 32.0 Å². The zero-order valence-corrected chi connectivity index (χ0v) is 10.8. The molecular weight excluding hydrogens is 238 g/mol. The Labute approximate surface area is 106 Å². The van der Waals surface area contributed by atoms with Crippen molar-refractivity contribution in [1.82, 2.24) is 4.90 Å². The minimum atomic E-state index is -0.135. The molecule has 17 heavy (non-hydrogen) atoms. The summed E-state index contributed by atoms with van der Waals surface area (Å²) in [5.74, 6) is -0.123. The summed E-state index contributed by atoms with van der Waals surface area (Å²) < 4.78 is 5.15. The van der Waals surface area contributed by atoms with Gasteiger partial charge in [-0.1, -0.05) is 23.7 Å². The van der Waals surface area contributed by atoms with Crippen LogP contribution in [-0.4, -0.2) is 30.1 Å². The fraction of sp³-hybridized carbons (Fsp3) is 0.462. The second-order valence-corrected chi connectivity index (χ2v) is 4.98. The van der Waals surface area contributed by atoms with E-state index in [-0.39, 0.29) is 18.1 Å². The molecule has 2 rings (SSSR count). The van der Waals surface area contributed by atoms with Gasteiger partial charge in [0.15, 0.2) is 0 Å². The Balaban J connectivity index is 2.02. The highest BCUT2D eigenvalue weighted by atomic mass is 35.5. The Morgan fingerprint density at radius 3 is 2.88 bits per heavy atom. The molecule has 92 valence electrons. The van der Waals surface area contributed by atoms with Crippen LogP contribution in [-0.2, 0) is 16.1 Å². The van der Waals surface area contributed by atoms with Crippen molar-refractivity contribution >= 4 is 17.6 Å². The molecule has 1 aromatic rings. The van der Waals surface area contributed by atoms with Gasteiger partial charge < -0.3 is 4.74 Å². The number of likely N-dealkylation sites (N-methyl/N-ethyl adjacent to an activating group) is 1. The molecule has 0 spiro atoms. The first-order valence-corrected chi connectivity index (χ1v) is 6.09. The highest BCUT2D eigenvalue weighted by Gasteiger charge is 2.34. The highest BCUT2D eigenvalue weighted by Crippen LogP contribution is 2.21. The third-order valence-corrected chi connectivity index (χ3v) is 3.23. The number of hydrogen-bond acceptors (Lipinski definition) is 3. The van der Waals surface area contributed by atoms with E-state index in [2.05, 4.69) is 0 Å². The average molecular weight is 254 g/mol. The number of rotatable bonds is 3. The van der Waals surface area contributed by atoms with Crippen LogP contribution in [0.2, 0.25) is 5.02 Å². The van der Waals surface area contributed by atoms with Crippen LogP contribution in [0.5, 0.6) is 0 Å². The molecule has 3 nitrogen and oxygen atoms in total. The molecule has 4 heteroatoms. The Kier molecular flexibility index (Phi) is 3.69. The van der Waals surface area contributed by atoms with Gasteiger partial charge in [-0.3, -0.25) is 9.69 Å². The van der Waals surface area contributed by atoms with Crippen LogP contribution < -0.4 is 0 Å². The number of carbonyl (C=O) groups excluding carboxylic acids is 1. The summed E-state index contributed by atoms with van der Waals surface area (Å²) in [5.41, 5.74) is 1.10. The zero-order valence-electron chi connectivity index (χ0n) is 10.0. The molecule has 0 N–H and O–H groups in total. The van der Waals surface area contributed by atoms with Gasteiger partial charge in [0.25, 0.3) is 0 Å². The Morgan fingerprint density at radius 1 is 1.53 bits per heavy atom. The maximum atomic E-state index is 11.6. The van der Waals surface area contributed by atoms with E-state index in [1.165, 1.54) is 0 Å². The maximum absolute atomic E-state index is 11.6. The SMILES string of the molecule is CC1CC(N(C)Cc2cccc(Cl)c2)C(=O)O1. The summed E-state index contributed by atoms with van der Waals surface area (Å²) in [4.78, 5) is 13.6. The fourth-order valence-electron chi connectivity index (χ4n) is 2.13. The smallest absolute Gasteiger partial charge is 0.323 e. The predicted molar refractivity (Wildman–Crippen MR) is 66.9 cm³/mol. The Morgan fingerprint density at radius 2 is 2.29 bits per heavy atom. The van der Waals surface area contributed by atoms with Gasteiger partial charge in [-0.2, -0.15) is 0 Å². The van der Waals surface area contributed by atoms with E-state index in [1.807, 2.05) is 43.1 Å². The number of ether oxygens (including phenoxy) is 1. The van der Waals surface area contributed by atoms with Crippen molar-refractivity contribution in [3.05, 3.63) is 34.9 Å². The van der Waals surface area contributed by atoms with Crippen LogP contribution in [0.25, 0.3) is 0 Å². The molecule has 1 aliphatic heterocycles. The summed E-state index contributed by atoms with van der Waals surface area (Å²) in [6.07, 6.45) is 0.782. The lowest BCUT2D eigenvalue weighted by Gasteiger charge is -2.21. The van der Waals surface area contributed by atoms with Crippen molar-refractivity contribution in [1.29, 1.82) is 0 Å². The standard InChI is InChI=1S/C13H16ClNO2/c1-9-6-12(13(16)17-9)15(2)8-10-4-3-5-11(14)7-10/h3-5,7,9,12H,6,8H2,1-2H3. The first-order chi connectivity index (χ1) is 8.06. The van der Waals surface area contributed by atoms with Gasteiger partial charge in [0, 0.05) is 18.0 Å². The van der Waals surface area contributed by atoms with E-state index in [1.54, 1.807) is 0 Å². The van der Waals surface area contributed by atoms with Crippen LogP contribution in [0.1, 0.15) is 18.9 Å². The largest absolute Gasteiger partial charge is 0.461 e. The van der Waals surface area contributed by atoms with Crippen molar-refractivity contribution in [2.75, 3.05) is 7.05 Å². The number of carbonyl (C=O) groups is 1. The molecule has 2 atom stereocenters. The number of nitrogens with zero attached hydrogens (tertiary/aromatic N) is 1. The number of cyclic esters (lactones) is 1. The molecule has 1 aromatic carbocycles. The van der Waals surface area contributed by atoms with Gasteiger partial charge in [-0.25, -0.2) is 0 Å². The Bertz CT molecular complexity index is 422. The molecule has 0 bridgehead atoms. The van der Waals surface area contributed by atoms with Crippen LogP contribution >= 0.6 is 11.6 Å². The number of esters is 1. The summed E-state index contributed by atoms with van der Waals surface area (Å²) >= 11 is 5.93. The lowest BCUT2D eigenvalue weighted by molar-refractivity contribution is -0.144. The van der Waals surface area contributed by atoms with Gasteiger partial charge in [0.2, 0.25) is 0 Å². The van der Waals surface area contributed by atoms with E-state index >= 15 is 0 Å². The van der Waals surface area contributed by atoms with Crippen LogP contribution in [0, 0.1) is 0 Å². The fourth-order valence-corrected chi connectivity index (χ4v) is 2.34. The summed E-state index contributed by atoms with van der Waals surface area (Å²) in [7, 11) is 1.94. The molecule has 0 saturated carbocycles. The molecule has 1 fully saturated rings. The van der Waals surface area contributed by atoms with E-state index in [0.29, 0.717) is 6.54 Å². The van der Waals surface area contributed by atoms with Gasteiger partial charge in [-0.15, -0.1) is 0 Å². The van der Waals surface area contributed by atoms with E-state index in [4.69, 9.17) is 16.3 Å². The summed E-state index contributed by atoms with van der Waals surface area (Å²) in [6, 6.07) is 7.55. The lowest BCUT2D eigenvalue weighted by Crippen LogP contribution is -2.34. The van der Waals surface area contributed by atoms with E-state index in [9.17, 15) is 4.79 Å². The van der Waals surface area contributed by atoms with E-state index < -0.39 is 0 Å². The molecule has 0 amide bonds. The zero-order chi connectivity index (χ0) is 12.4. The quantitative estimate of drug-likeness (QED) is 0.775. The summed E-state index contributed by atoms with van der Waals surface area (Å²) in [5, 5.41) is 0.721. The molecule has 1 aliphatic rings. The normalized spacial score (nSPS) is 24.1. The van der Waals surface area contributed by atoms with Crippen LogP contribution in [0.3, 0.4) is 0 Å². The minimum Gasteiger partial charge on any atom is -0.461 e. The van der Waals surface area contributed by atoms with Gasteiger partial charge in [0.05, 0.1) is 0 Å². The van der Waals surface area contributed by atoms with Crippen molar-refractivity contribution < 1.29 is 9.53 Å². The third-order valence-electron chi connectivity index (χ3n) is 3.00. The summed E-state index contributed by atoms with van der Waals surface area (Å²) in [6.45, 7) is 2.62. The third kappa shape index (κ3) is 2.99. The highest BCUT2D eigenvalue weighted by molar-refractivity contribution is 6.30. The maximum Gasteiger partial charge on any atom is 0.323 e. The molecule has 0 radical (unpaired) electrons. The molecule has 1 saturated heterocycles. The molecular formula is C13H16ClNO2. The van der Waals surface area contributed by atoms with Gasteiger partial charge in [-0.05, 0) is 31.7 Å². The molecule has 1 heterocycles. The number of hydrogen-bond donors (Lipinski definition) is 0. The van der Waals surface area contributed by atoms with Crippen LogP contribution in [0.4, 0.5) is 0 Å². The monoisotopic (exact) mass is 253 g/mol. The second-order valence-electron chi connectivity index (χ2n) is 4.54. The topological polar surface area (TPSA) is 29.5 Å². The van der Waals surface area contributed by atoms with Gasteiger partial charge in [0.1, 0.15) is 12.1 Å². The lowest BCUT2D eigenvalue weighted by atomic mass is 10.1. The predicted octanol–water partition coefficient (Wildman–Crippen LogP) is 2.48. The average Bonchev–Trinajstić information content (AvgIpc) is 2.58. The van der Waals surface area contributed by atoms with Crippen molar-refractivity contribution in [2.24, 2.45) is 0 Å². The molecule has 0 aliphatic carbocycles. The van der Waals surface area contributed by atoms with Crippen molar-refractivity contribution in [3.8, 4) is 0 Å². The first kappa shape index (κ1) is 12.4. The molecule has 0 aromatic heterocycles. The number of benzene rings is 1. The number of halogens is 1. The van der Waals surface area contributed by atoms with Crippen molar-refractivity contribution in [3.63, 3.8) is 0 Å². The van der Waals surface area contributed by atoms with E-state index in [0.717, 1.165) is 17.0 Å². The minimum absolute atomic E-state index is 0.0225. The molecule has 2 unspecified atom stereocenters. The van der Waals surface area contributed by atoms with Gasteiger partial charge >= 0.3 is 5.97 Å². The Hall–Kier alpha value is -1.06.